The predicted molar refractivity (Wildman–Crippen MR) is 191 cm³/mol. The van der Waals surface area contributed by atoms with Gasteiger partial charge in [-0.3, -0.25) is 24.3 Å². The SMILES string of the molecule is CCCCCOC(=O)COc1cc(N2C(=O)C3=C(CCCC3)C2=O)c(F)cc1Cl.CCNc1nc(Cl)nc(NCC)n1.O=C(O)CNCP(=O)(O)O. The maximum atomic E-state index is 14.5. The monoisotopic (exact) mass is 793 g/mol. The number of nitrogens with one attached hydrogen (secondary N) is 3. The lowest BCUT2D eigenvalue weighted by Crippen LogP contribution is -2.32. The molecule has 17 nitrogen and oxygen atoms in total. The number of hydrogen-bond acceptors (Lipinski definition) is 13. The summed E-state index contributed by atoms with van der Waals surface area (Å²) in [5, 5.41) is 16.1. The summed E-state index contributed by atoms with van der Waals surface area (Å²) in [4.78, 5) is 76.0. The van der Waals surface area contributed by atoms with Gasteiger partial charge in [-0.1, -0.05) is 31.4 Å². The van der Waals surface area contributed by atoms with E-state index in [4.69, 9.17) is 47.6 Å². The third-order valence-electron chi connectivity index (χ3n) is 6.86. The highest BCUT2D eigenvalue weighted by Crippen LogP contribution is 2.39. The van der Waals surface area contributed by atoms with Gasteiger partial charge in [0.1, 0.15) is 11.6 Å². The Bertz CT molecular complexity index is 1590. The number of esters is 1. The van der Waals surface area contributed by atoms with Crippen LogP contribution in [0.1, 0.15) is 65.7 Å². The van der Waals surface area contributed by atoms with Gasteiger partial charge in [0, 0.05) is 30.3 Å². The lowest BCUT2D eigenvalue weighted by molar-refractivity contribution is -0.146. The van der Waals surface area contributed by atoms with Crippen LogP contribution in [0.4, 0.5) is 22.0 Å². The molecule has 0 saturated heterocycles. The van der Waals surface area contributed by atoms with Crippen LogP contribution in [-0.4, -0.2) is 92.7 Å². The summed E-state index contributed by atoms with van der Waals surface area (Å²) in [5.41, 5.74) is 0.674. The number of unbranched alkanes of at least 4 members (excludes halogenated alkanes) is 2. The quantitative estimate of drug-likeness (QED) is 0.0592. The molecule has 6 N–H and O–H groups in total. The number of carbonyl (C=O) groups excluding carboxylic acids is 3. The van der Waals surface area contributed by atoms with Gasteiger partial charge in [-0.2, -0.15) is 15.0 Å². The van der Waals surface area contributed by atoms with Crippen LogP contribution in [0.3, 0.4) is 0 Å². The van der Waals surface area contributed by atoms with Gasteiger partial charge < -0.3 is 35.0 Å². The molecular weight excluding hydrogens is 751 g/mol. The number of carboxylic acids is 1. The third kappa shape index (κ3) is 15.0. The number of imide groups is 1. The van der Waals surface area contributed by atoms with Crippen molar-refractivity contribution in [3.05, 3.63) is 39.4 Å². The first-order valence-electron chi connectivity index (χ1n) is 16.4. The molecule has 0 fully saturated rings. The second-order valence-electron chi connectivity index (χ2n) is 11.0. The van der Waals surface area contributed by atoms with Gasteiger partial charge in [-0.15, -0.1) is 0 Å². The summed E-state index contributed by atoms with van der Waals surface area (Å²) in [6, 6.07) is 2.15. The number of ether oxygens (including phenoxy) is 2. The normalized spacial score (nSPS) is 13.7. The van der Waals surface area contributed by atoms with Crippen molar-refractivity contribution in [1.29, 1.82) is 0 Å². The van der Waals surface area contributed by atoms with Crippen LogP contribution in [0.2, 0.25) is 10.3 Å². The molecule has 4 rings (SSSR count). The minimum absolute atomic E-state index is 0.000883. The molecule has 1 aromatic heterocycles. The molecule has 1 aliphatic carbocycles. The number of aliphatic carboxylic acids is 1. The number of benzene rings is 1. The molecule has 0 bridgehead atoms. The number of carboxylic acid groups (broad SMARTS) is 1. The largest absolute Gasteiger partial charge is 0.480 e. The standard InChI is InChI=1S/C21H23ClFNO5.C7H12ClN5.C3H8NO5P/c1-2-3-6-9-28-19(25)12-29-18-11-17(16(23)10-15(18)22)24-20(26)13-7-4-5-8-14(13)21(24)27;1-3-9-6-11-5(8)12-7(13-6)10-4-2;5-3(6)1-4-2-10(7,8)9/h10-11H,2-9,12H2,1H3;3-4H2,1-2H3,(H2,9,10,11,12,13);4H,1-2H2,(H,5,6)(H2,7,8,9). The lowest BCUT2D eigenvalue weighted by atomic mass is 9.93. The number of hydrogen-bond donors (Lipinski definition) is 6. The molecule has 21 heteroatoms. The molecule has 288 valence electrons. The van der Waals surface area contributed by atoms with Crippen LogP contribution in [0.25, 0.3) is 0 Å². The number of nitrogens with zero attached hydrogens (tertiary/aromatic N) is 4. The number of aromatic nitrogens is 3. The van der Waals surface area contributed by atoms with E-state index in [0.29, 0.717) is 42.5 Å². The molecule has 0 unspecified atom stereocenters. The highest BCUT2D eigenvalue weighted by molar-refractivity contribution is 7.51. The highest BCUT2D eigenvalue weighted by atomic mass is 35.5. The van der Waals surface area contributed by atoms with Crippen molar-refractivity contribution < 1.29 is 52.5 Å². The molecule has 52 heavy (non-hydrogen) atoms. The molecule has 2 aliphatic rings. The minimum Gasteiger partial charge on any atom is -0.480 e. The van der Waals surface area contributed by atoms with E-state index < -0.39 is 56.6 Å². The zero-order valence-electron chi connectivity index (χ0n) is 28.9. The summed E-state index contributed by atoms with van der Waals surface area (Å²) in [6.45, 7) is 6.93. The van der Waals surface area contributed by atoms with Crippen molar-refractivity contribution in [2.45, 2.75) is 65.7 Å². The summed E-state index contributed by atoms with van der Waals surface area (Å²) in [6.07, 6.45) is 4.80. The van der Waals surface area contributed by atoms with E-state index in [1.54, 1.807) is 0 Å². The van der Waals surface area contributed by atoms with Crippen LogP contribution in [-0.2, 0) is 28.5 Å². The molecule has 1 aromatic carbocycles. The fourth-order valence-corrected chi connectivity index (χ4v) is 5.38. The number of anilines is 3. The van der Waals surface area contributed by atoms with Gasteiger partial charge in [-0.05, 0) is 63.6 Å². The van der Waals surface area contributed by atoms with Crippen molar-refractivity contribution in [3.8, 4) is 5.75 Å². The molecule has 0 saturated carbocycles. The van der Waals surface area contributed by atoms with E-state index in [0.717, 1.165) is 56.2 Å². The van der Waals surface area contributed by atoms with Crippen LogP contribution in [0.15, 0.2) is 23.3 Å². The Morgan fingerprint density at radius 1 is 0.962 bits per heavy atom. The Kier molecular flexibility index (Phi) is 18.9. The van der Waals surface area contributed by atoms with E-state index >= 15 is 0 Å². The summed E-state index contributed by atoms with van der Waals surface area (Å²) in [7, 11) is -4.10. The first kappa shape index (κ1) is 44.2. The van der Waals surface area contributed by atoms with Crippen LogP contribution in [0, 0.1) is 5.82 Å². The van der Waals surface area contributed by atoms with Crippen LogP contribution >= 0.6 is 30.8 Å². The topological polar surface area (TPSA) is 242 Å². The van der Waals surface area contributed by atoms with Crippen molar-refractivity contribution >= 4 is 72.1 Å². The number of rotatable bonds is 16. The van der Waals surface area contributed by atoms with Gasteiger partial charge >= 0.3 is 19.5 Å². The van der Waals surface area contributed by atoms with E-state index in [-0.39, 0.29) is 21.7 Å². The van der Waals surface area contributed by atoms with Gasteiger partial charge in [0.15, 0.2) is 6.61 Å². The maximum Gasteiger partial charge on any atom is 0.344 e. The molecule has 1 aliphatic heterocycles. The average molecular weight is 795 g/mol. The average Bonchev–Trinajstić information content (AvgIpc) is 3.31. The van der Waals surface area contributed by atoms with Crippen molar-refractivity contribution in [1.82, 2.24) is 20.3 Å². The second kappa shape index (κ2) is 22.2. The number of amides is 2. The van der Waals surface area contributed by atoms with Gasteiger partial charge in [-0.25, -0.2) is 14.1 Å². The van der Waals surface area contributed by atoms with E-state index in [9.17, 15) is 28.1 Å². The molecule has 2 aromatic rings. The molecule has 2 heterocycles. The molecule has 0 radical (unpaired) electrons. The Labute approximate surface area is 309 Å². The Hall–Kier alpha value is -3.93. The predicted octanol–water partition coefficient (Wildman–Crippen LogP) is 4.52. The molecular formula is C31H43Cl2FN7O10P. The Morgan fingerprint density at radius 3 is 2.04 bits per heavy atom. The van der Waals surface area contributed by atoms with Crippen LogP contribution in [0.5, 0.6) is 5.75 Å². The second-order valence-corrected chi connectivity index (χ2v) is 13.4. The molecule has 0 atom stereocenters. The lowest BCUT2D eigenvalue weighted by Gasteiger charge is -2.18. The first-order valence-corrected chi connectivity index (χ1v) is 18.9. The maximum absolute atomic E-state index is 14.5. The zero-order valence-corrected chi connectivity index (χ0v) is 31.3. The number of halogens is 3. The zero-order chi connectivity index (χ0) is 38.8. The smallest absolute Gasteiger partial charge is 0.344 e. The number of carbonyl (C=O) groups is 4. The van der Waals surface area contributed by atoms with E-state index in [1.807, 2.05) is 20.8 Å². The van der Waals surface area contributed by atoms with Crippen molar-refractivity contribution in [2.24, 2.45) is 0 Å². The van der Waals surface area contributed by atoms with Crippen LogP contribution < -0.4 is 25.6 Å². The van der Waals surface area contributed by atoms with Gasteiger partial charge in [0.05, 0.1) is 30.1 Å². The highest BCUT2D eigenvalue weighted by Gasteiger charge is 2.41. The Morgan fingerprint density at radius 2 is 1.54 bits per heavy atom. The van der Waals surface area contributed by atoms with Gasteiger partial charge in [0.25, 0.3) is 11.8 Å². The Balaban J connectivity index is 0.000000335. The molecule has 0 spiro atoms. The summed E-state index contributed by atoms with van der Waals surface area (Å²) < 4.78 is 35.0. The van der Waals surface area contributed by atoms with E-state index in [2.05, 4.69) is 30.9 Å². The van der Waals surface area contributed by atoms with Crippen molar-refractivity contribution in [2.75, 3.05) is 54.7 Å². The minimum atomic E-state index is -4.10. The third-order valence-corrected chi connectivity index (χ3v) is 7.96. The molecule has 2 amide bonds. The van der Waals surface area contributed by atoms with Gasteiger partial charge in [0.2, 0.25) is 17.2 Å². The summed E-state index contributed by atoms with van der Waals surface area (Å²) >= 11 is 11.7. The van der Waals surface area contributed by atoms with E-state index in [1.165, 1.54) is 6.07 Å². The van der Waals surface area contributed by atoms with Crippen molar-refractivity contribution in [3.63, 3.8) is 0 Å². The first-order chi connectivity index (χ1) is 24.6. The fourth-order valence-electron chi connectivity index (χ4n) is 4.61. The fraction of sp³-hybridized carbons (Fsp3) is 0.516. The summed E-state index contributed by atoms with van der Waals surface area (Å²) in [5.74, 6) is -2.55.